The van der Waals surface area contributed by atoms with E-state index in [1.54, 1.807) is 0 Å². The minimum Gasteiger partial charge on any atom is -0.276 e. The van der Waals surface area contributed by atoms with Crippen LogP contribution in [0.1, 0.15) is 0 Å². The molecule has 0 atom stereocenters. The number of benzene rings is 21. The normalized spacial score (nSPS) is 12.0. The molecule has 0 bridgehead atoms. The molecule has 0 amide bonds. The van der Waals surface area contributed by atoms with Crippen LogP contribution in [0.3, 0.4) is 0 Å². The zero-order chi connectivity index (χ0) is 87.7. The fraction of sp³-hybridized carbons (Fsp3) is 0. The molecule has 0 saturated carbocycles. The van der Waals surface area contributed by atoms with E-state index in [4.69, 9.17) is 29.9 Å². The van der Waals surface area contributed by atoms with E-state index in [2.05, 4.69) is 444 Å². The van der Waals surface area contributed by atoms with E-state index < -0.39 is 0 Å². The van der Waals surface area contributed by atoms with Gasteiger partial charge in [-0.3, -0.25) is 13.7 Å². The quantitative estimate of drug-likeness (QED) is 0.158. The van der Waals surface area contributed by atoms with Crippen molar-refractivity contribution in [1.82, 2.24) is 43.6 Å². The van der Waals surface area contributed by atoms with Crippen molar-refractivity contribution in [3.8, 4) is 62.7 Å². The number of nitrogens with zero attached hydrogens (tertiary/aromatic N) is 9. The monoisotopic (exact) mass is 1760 g/mol. The molecule has 0 N–H and O–H groups in total. The summed E-state index contributed by atoms with van der Waals surface area (Å²) in [6.45, 7) is 0. The molecule has 0 radical (unpaired) electrons. The molecule has 0 unspecified atom stereocenters. The first-order chi connectivity index (χ1) is 66.5. The lowest BCUT2D eigenvalue weighted by molar-refractivity contribution is 1.02. The predicted octanol–water partition coefficient (Wildman–Crippen LogP) is 33.7. The molecule has 0 aliphatic rings. The highest BCUT2D eigenvalue weighted by Gasteiger charge is 2.29. The van der Waals surface area contributed by atoms with Crippen LogP contribution in [0.4, 0.5) is 0 Å². The van der Waals surface area contributed by atoms with Gasteiger partial charge in [0.15, 0.2) is 0 Å². The molecule has 0 saturated heterocycles. The Bertz CT molecular complexity index is 10200. The lowest BCUT2D eigenvalue weighted by Crippen LogP contribution is -2.03. The molecule has 9 heterocycles. The second-order valence-corrected chi connectivity index (χ2v) is 37.6. The zero-order valence-corrected chi connectivity index (χ0v) is 74.2. The molecule has 9 aromatic heterocycles. The summed E-state index contributed by atoms with van der Waals surface area (Å²) < 4.78 is 14.6. The van der Waals surface area contributed by atoms with Gasteiger partial charge in [-0.15, -0.1) is 34.0 Å². The molecule has 30 aromatic rings. The Balaban J connectivity index is 0.000000100. The van der Waals surface area contributed by atoms with E-state index >= 15 is 0 Å². The molecule has 0 spiro atoms. The van der Waals surface area contributed by atoms with Crippen molar-refractivity contribution in [1.29, 1.82) is 0 Å². The number of hydrogen-bond donors (Lipinski definition) is 0. The van der Waals surface area contributed by atoms with Crippen LogP contribution in [0.25, 0.3) is 275 Å². The van der Waals surface area contributed by atoms with E-state index in [1.807, 2.05) is 34.0 Å². The third-order valence-electron chi connectivity index (χ3n) is 27.1. The maximum atomic E-state index is 5.46. The predicted molar refractivity (Wildman–Crippen MR) is 570 cm³/mol. The average molecular weight is 1760 g/mol. The first kappa shape index (κ1) is 75.9. The Morgan fingerprint density at radius 1 is 0.172 bits per heavy atom. The van der Waals surface area contributed by atoms with Gasteiger partial charge in [0.1, 0.15) is 0 Å². The van der Waals surface area contributed by atoms with Gasteiger partial charge in [-0.05, 0) is 132 Å². The van der Waals surface area contributed by atoms with Crippen LogP contribution in [0.2, 0.25) is 0 Å². The van der Waals surface area contributed by atoms with Crippen LogP contribution in [0, 0.1) is 0 Å². The minimum absolute atomic E-state index is 0.680. The number of para-hydroxylation sites is 6. The van der Waals surface area contributed by atoms with E-state index in [1.165, 1.54) is 163 Å². The van der Waals surface area contributed by atoms with Crippen LogP contribution >= 0.6 is 34.0 Å². The number of thiophene rings is 3. The smallest absolute Gasteiger partial charge is 0.235 e. The Hall–Kier alpha value is -17.0. The zero-order valence-electron chi connectivity index (χ0n) is 71.7. The highest BCUT2D eigenvalue weighted by atomic mass is 32.1. The molecule has 0 aliphatic carbocycles. The number of rotatable bonds is 7. The van der Waals surface area contributed by atoms with Crippen LogP contribution in [0.5, 0.6) is 0 Å². The van der Waals surface area contributed by atoms with E-state index in [9.17, 15) is 0 Å². The van der Waals surface area contributed by atoms with Crippen molar-refractivity contribution in [2.75, 3.05) is 0 Å². The SMILES string of the molecule is c1ccc(-c2cccc(-c3nc(-n4c5ccccc5c5c6ccccc6c6c7ccccc7sc6c54)nc4ccccc34)c2)cc1.c1ccc2c(-c3nc(-n4c5ccccc5c5c6ccccc6c6c7ccccc7sc6c54)nc4ccccc34)cccc2c1.c1ccc2cc(-c3nc(-n4c5ccccc5c5c6ccccc6c6c7ccccc7sc6c54)nc4ccccc34)ccc2c1. The molecule has 21 aromatic carbocycles. The molecular formula is C122H71N9S3. The van der Waals surface area contributed by atoms with Crippen molar-refractivity contribution in [2.45, 2.75) is 0 Å². The van der Waals surface area contributed by atoms with Gasteiger partial charge >= 0.3 is 0 Å². The lowest BCUT2D eigenvalue weighted by atomic mass is 9.99. The van der Waals surface area contributed by atoms with Crippen molar-refractivity contribution in [2.24, 2.45) is 0 Å². The Morgan fingerprint density at radius 2 is 0.470 bits per heavy atom. The second-order valence-electron chi connectivity index (χ2n) is 34.5. The molecule has 12 heteroatoms. The highest BCUT2D eigenvalue weighted by Crippen LogP contribution is 2.53. The maximum Gasteiger partial charge on any atom is 0.235 e. The maximum absolute atomic E-state index is 5.46. The van der Waals surface area contributed by atoms with Gasteiger partial charge < -0.3 is 0 Å². The molecular weight excluding hydrogens is 1690 g/mol. The fourth-order valence-corrected chi connectivity index (χ4v) is 25.2. The van der Waals surface area contributed by atoms with E-state index in [0.717, 1.165) is 94.1 Å². The third kappa shape index (κ3) is 11.7. The van der Waals surface area contributed by atoms with Gasteiger partial charge in [0.05, 0.1) is 80.8 Å². The molecule has 134 heavy (non-hydrogen) atoms. The van der Waals surface area contributed by atoms with Crippen molar-refractivity contribution in [3.05, 3.63) is 431 Å². The summed E-state index contributed by atoms with van der Waals surface area (Å²) in [5.74, 6) is 2.05. The number of fused-ring (bicyclic) bond motifs is 35. The summed E-state index contributed by atoms with van der Waals surface area (Å²) in [4.78, 5) is 32.2. The largest absolute Gasteiger partial charge is 0.276 e. The summed E-state index contributed by atoms with van der Waals surface area (Å²) in [6.07, 6.45) is 0. The molecule has 30 rings (SSSR count). The third-order valence-corrected chi connectivity index (χ3v) is 30.7. The van der Waals surface area contributed by atoms with Gasteiger partial charge in [0.2, 0.25) is 17.8 Å². The van der Waals surface area contributed by atoms with E-state index in [0.29, 0.717) is 17.8 Å². The summed E-state index contributed by atoms with van der Waals surface area (Å²) >= 11 is 5.58. The molecule has 0 fully saturated rings. The first-order valence-corrected chi connectivity index (χ1v) is 47.7. The van der Waals surface area contributed by atoms with Crippen LogP contribution in [-0.4, -0.2) is 43.6 Å². The Kier molecular flexibility index (Phi) is 17.2. The van der Waals surface area contributed by atoms with Crippen molar-refractivity contribution >= 4 is 247 Å². The van der Waals surface area contributed by atoms with Crippen LogP contribution in [-0.2, 0) is 0 Å². The molecule has 0 aliphatic heterocycles. The average Bonchev–Trinajstić information content (AvgIpc) is 1.54. The fourth-order valence-electron chi connectivity index (χ4n) is 21.4. The highest BCUT2D eigenvalue weighted by molar-refractivity contribution is 7.28. The molecule has 9 nitrogen and oxygen atoms in total. The van der Waals surface area contributed by atoms with Crippen LogP contribution in [0.15, 0.2) is 431 Å². The first-order valence-electron chi connectivity index (χ1n) is 45.2. The number of aromatic nitrogens is 9. The van der Waals surface area contributed by atoms with E-state index in [-0.39, 0.29) is 0 Å². The topological polar surface area (TPSA) is 92.1 Å². The number of hydrogen-bond acceptors (Lipinski definition) is 9. The summed E-state index contributed by atoms with van der Waals surface area (Å²) in [6, 6.07) is 153. The second kappa shape index (κ2) is 30.3. The Morgan fingerprint density at radius 3 is 0.910 bits per heavy atom. The van der Waals surface area contributed by atoms with Gasteiger partial charge in [0, 0.05) is 112 Å². The van der Waals surface area contributed by atoms with Crippen molar-refractivity contribution in [3.63, 3.8) is 0 Å². The van der Waals surface area contributed by atoms with Gasteiger partial charge in [-0.25, -0.2) is 29.9 Å². The minimum atomic E-state index is 0.680. The van der Waals surface area contributed by atoms with Gasteiger partial charge in [-0.1, -0.05) is 364 Å². The lowest BCUT2D eigenvalue weighted by Gasteiger charge is -2.14. The van der Waals surface area contributed by atoms with Gasteiger partial charge in [0.25, 0.3) is 0 Å². The standard InChI is InChI=1S/C42H25N3S.2C40H23N3S/c1-2-13-26(14-3-1)27-15-12-16-28(25-27)39-31-19-6-9-22-34(31)43-42(44-39)45-35-23-10-7-20-32(35)37-29-17-4-5-18-30(29)38-33-21-8-11-24-36(33)46-41(38)40(37)45;1-2-14-25-24(12-1)13-11-20-28(25)37-29-17-5-8-21-32(29)41-40(42-37)43-33-22-9-6-18-30(33)35-26-15-3-4-16-27(26)36-31-19-7-10-23-34(31)44-39(36)38(35)43;1-2-12-25-23-26(22-21-24(25)11-1)37-29-15-5-8-18-32(29)41-40(42-37)43-33-19-9-6-16-30(33)35-27-13-3-4-14-28(27)36-31-17-7-10-20-34(31)44-39(36)38(35)43/h1-25H;2*1-23H. The summed E-state index contributed by atoms with van der Waals surface area (Å²) in [5.41, 5.74) is 18.0. The molecule has 622 valence electrons. The van der Waals surface area contributed by atoms with Crippen LogP contribution < -0.4 is 0 Å². The summed E-state index contributed by atoms with van der Waals surface area (Å²) in [5, 5.41) is 30.7. The Labute approximate surface area is 777 Å². The van der Waals surface area contributed by atoms with Gasteiger partial charge in [-0.2, -0.15) is 0 Å². The summed E-state index contributed by atoms with van der Waals surface area (Å²) in [7, 11) is 0. The van der Waals surface area contributed by atoms with Crippen molar-refractivity contribution < 1.29 is 0 Å².